The van der Waals surface area contributed by atoms with Gasteiger partial charge in [-0.1, -0.05) is 71.9 Å². The highest BCUT2D eigenvalue weighted by molar-refractivity contribution is 7.99. The second kappa shape index (κ2) is 10.3. The Morgan fingerprint density at radius 2 is 1.58 bits per heavy atom. The zero-order valence-corrected chi connectivity index (χ0v) is 18.2. The Kier molecular flexibility index (Phi) is 7.02. The maximum atomic E-state index is 12.6. The standard InChI is InChI=1S/C24H20ClN3O2S/c25-20-13-11-19(12-14-20)22(29)17-31-24-27-26-23(16-30-21-9-5-2-6-10-21)28(24)15-18-7-3-1-4-8-18/h1-14H,15-17H2. The van der Waals surface area contributed by atoms with Gasteiger partial charge < -0.3 is 4.74 Å². The topological polar surface area (TPSA) is 57.0 Å². The molecule has 0 atom stereocenters. The van der Waals surface area contributed by atoms with Gasteiger partial charge in [0.2, 0.25) is 0 Å². The smallest absolute Gasteiger partial charge is 0.192 e. The largest absolute Gasteiger partial charge is 0.486 e. The van der Waals surface area contributed by atoms with Crippen molar-refractivity contribution in [1.29, 1.82) is 0 Å². The van der Waals surface area contributed by atoms with Crippen LogP contribution >= 0.6 is 23.4 Å². The van der Waals surface area contributed by atoms with E-state index in [2.05, 4.69) is 22.3 Å². The highest BCUT2D eigenvalue weighted by Crippen LogP contribution is 2.22. The average Bonchev–Trinajstić information content (AvgIpc) is 3.19. The van der Waals surface area contributed by atoms with Gasteiger partial charge in [-0.25, -0.2) is 0 Å². The number of carbonyl (C=O) groups is 1. The molecule has 4 rings (SSSR count). The maximum Gasteiger partial charge on any atom is 0.192 e. The number of benzene rings is 3. The van der Waals surface area contributed by atoms with Gasteiger partial charge in [0.15, 0.2) is 16.8 Å². The first-order valence-electron chi connectivity index (χ1n) is 9.74. The zero-order valence-electron chi connectivity index (χ0n) is 16.6. The van der Waals surface area contributed by atoms with E-state index < -0.39 is 0 Å². The molecule has 1 heterocycles. The Bertz CT molecular complexity index is 1130. The first-order chi connectivity index (χ1) is 15.2. The highest BCUT2D eigenvalue weighted by atomic mass is 35.5. The molecule has 0 fully saturated rings. The van der Waals surface area contributed by atoms with E-state index in [-0.39, 0.29) is 18.1 Å². The third-order valence-corrected chi connectivity index (χ3v) is 5.81. The lowest BCUT2D eigenvalue weighted by Gasteiger charge is -2.11. The quantitative estimate of drug-likeness (QED) is 0.248. The van der Waals surface area contributed by atoms with Gasteiger partial charge >= 0.3 is 0 Å². The summed E-state index contributed by atoms with van der Waals surface area (Å²) in [4.78, 5) is 12.6. The number of halogens is 1. The number of carbonyl (C=O) groups excluding carboxylic acids is 1. The molecule has 0 aliphatic carbocycles. The predicted octanol–water partition coefficient (Wildman–Crippen LogP) is 5.53. The number of thioether (sulfide) groups is 1. The fourth-order valence-electron chi connectivity index (χ4n) is 2.97. The maximum absolute atomic E-state index is 12.6. The minimum Gasteiger partial charge on any atom is -0.486 e. The van der Waals surface area contributed by atoms with Crippen LogP contribution < -0.4 is 4.74 Å². The molecule has 5 nitrogen and oxygen atoms in total. The van der Waals surface area contributed by atoms with Crippen LogP contribution in [-0.2, 0) is 13.2 Å². The predicted molar refractivity (Wildman–Crippen MR) is 123 cm³/mol. The fourth-order valence-corrected chi connectivity index (χ4v) is 3.95. The van der Waals surface area contributed by atoms with Crippen molar-refractivity contribution in [3.05, 3.63) is 107 Å². The monoisotopic (exact) mass is 449 g/mol. The number of rotatable bonds is 9. The van der Waals surface area contributed by atoms with Crippen molar-refractivity contribution in [3.8, 4) is 5.75 Å². The molecular weight excluding hydrogens is 430 g/mol. The Labute approximate surface area is 190 Å². The molecule has 3 aromatic carbocycles. The van der Waals surface area contributed by atoms with E-state index in [1.807, 2.05) is 53.1 Å². The molecule has 7 heteroatoms. The van der Waals surface area contributed by atoms with Crippen LogP contribution in [0.15, 0.2) is 90.1 Å². The van der Waals surface area contributed by atoms with Gasteiger partial charge in [0, 0.05) is 10.6 Å². The summed E-state index contributed by atoms with van der Waals surface area (Å²) in [6.07, 6.45) is 0. The van der Waals surface area contributed by atoms with Crippen LogP contribution in [0, 0.1) is 0 Å². The van der Waals surface area contributed by atoms with Gasteiger partial charge in [0.1, 0.15) is 12.4 Å². The second-order valence-electron chi connectivity index (χ2n) is 6.79. The van der Waals surface area contributed by atoms with E-state index in [1.54, 1.807) is 24.3 Å². The Morgan fingerprint density at radius 3 is 2.29 bits per heavy atom. The summed E-state index contributed by atoms with van der Waals surface area (Å²) in [5.74, 6) is 1.74. The Hall–Kier alpha value is -3.09. The normalized spacial score (nSPS) is 10.7. The molecule has 0 saturated carbocycles. The lowest BCUT2D eigenvalue weighted by molar-refractivity contribution is 0.102. The minimum absolute atomic E-state index is 0.0120. The summed E-state index contributed by atoms with van der Waals surface area (Å²) < 4.78 is 7.88. The van der Waals surface area contributed by atoms with Crippen LogP contribution in [0.5, 0.6) is 5.75 Å². The van der Waals surface area contributed by atoms with Crippen molar-refractivity contribution < 1.29 is 9.53 Å². The van der Waals surface area contributed by atoms with E-state index in [1.165, 1.54) is 11.8 Å². The SMILES string of the molecule is O=C(CSc1nnc(COc2ccccc2)n1Cc1ccccc1)c1ccc(Cl)cc1. The highest BCUT2D eigenvalue weighted by Gasteiger charge is 2.16. The number of aromatic nitrogens is 3. The third kappa shape index (κ3) is 5.75. The third-order valence-electron chi connectivity index (χ3n) is 4.59. The summed E-state index contributed by atoms with van der Waals surface area (Å²) in [5.41, 5.74) is 1.74. The van der Waals surface area contributed by atoms with E-state index in [4.69, 9.17) is 16.3 Å². The summed E-state index contributed by atoms with van der Waals surface area (Å²) in [6, 6.07) is 26.6. The van der Waals surface area contributed by atoms with Crippen molar-refractivity contribution in [2.75, 3.05) is 5.75 Å². The molecular formula is C24H20ClN3O2S. The molecule has 0 N–H and O–H groups in total. The van der Waals surface area contributed by atoms with Crippen LogP contribution in [0.25, 0.3) is 0 Å². The first kappa shape index (κ1) is 21.2. The molecule has 0 unspecified atom stereocenters. The van der Waals surface area contributed by atoms with Crippen molar-refractivity contribution in [2.24, 2.45) is 0 Å². The number of Topliss-reactive ketones (excluding diaryl/α,β-unsaturated/α-hetero) is 1. The Balaban J connectivity index is 1.51. The molecule has 0 radical (unpaired) electrons. The molecule has 0 amide bonds. The fraction of sp³-hybridized carbons (Fsp3) is 0.125. The van der Waals surface area contributed by atoms with Crippen LogP contribution in [0.4, 0.5) is 0 Å². The molecule has 4 aromatic rings. The number of hydrogen-bond acceptors (Lipinski definition) is 5. The van der Waals surface area contributed by atoms with Crippen molar-refractivity contribution in [2.45, 2.75) is 18.3 Å². The number of hydrogen-bond donors (Lipinski definition) is 0. The number of ether oxygens (including phenoxy) is 1. The van der Waals surface area contributed by atoms with Gasteiger partial charge in [0.05, 0.1) is 12.3 Å². The lowest BCUT2D eigenvalue weighted by Crippen LogP contribution is -2.10. The van der Waals surface area contributed by atoms with Crippen LogP contribution in [-0.4, -0.2) is 26.3 Å². The molecule has 1 aromatic heterocycles. The van der Waals surface area contributed by atoms with Crippen molar-refractivity contribution in [1.82, 2.24) is 14.8 Å². The molecule has 0 saturated heterocycles. The van der Waals surface area contributed by atoms with Gasteiger partial charge in [0.25, 0.3) is 0 Å². The van der Waals surface area contributed by atoms with E-state index in [9.17, 15) is 4.79 Å². The zero-order chi connectivity index (χ0) is 21.5. The van der Waals surface area contributed by atoms with E-state index in [0.717, 1.165) is 11.3 Å². The number of ketones is 1. The average molecular weight is 450 g/mol. The van der Waals surface area contributed by atoms with Crippen molar-refractivity contribution in [3.63, 3.8) is 0 Å². The van der Waals surface area contributed by atoms with E-state index >= 15 is 0 Å². The van der Waals surface area contributed by atoms with Gasteiger partial charge in [-0.3, -0.25) is 9.36 Å². The molecule has 156 valence electrons. The van der Waals surface area contributed by atoms with Gasteiger partial charge in [-0.2, -0.15) is 0 Å². The minimum atomic E-state index is 0.0120. The van der Waals surface area contributed by atoms with Gasteiger partial charge in [-0.05, 0) is 42.0 Å². The Morgan fingerprint density at radius 1 is 0.903 bits per heavy atom. The summed E-state index contributed by atoms with van der Waals surface area (Å²) in [5, 5.41) is 9.94. The number of para-hydroxylation sites is 1. The molecule has 31 heavy (non-hydrogen) atoms. The van der Waals surface area contributed by atoms with Crippen molar-refractivity contribution >= 4 is 29.1 Å². The summed E-state index contributed by atoms with van der Waals surface area (Å²) >= 11 is 7.28. The summed E-state index contributed by atoms with van der Waals surface area (Å²) in [6.45, 7) is 0.883. The first-order valence-corrected chi connectivity index (χ1v) is 11.1. The lowest BCUT2D eigenvalue weighted by atomic mass is 10.1. The second-order valence-corrected chi connectivity index (χ2v) is 8.17. The van der Waals surface area contributed by atoms with Crippen LogP contribution in [0.3, 0.4) is 0 Å². The van der Waals surface area contributed by atoms with E-state index in [0.29, 0.717) is 28.1 Å². The van der Waals surface area contributed by atoms with Crippen LogP contribution in [0.1, 0.15) is 21.7 Å². The molecule has 0 bridgehead atoms. The number of nitrogens with zero attached hydrogens (tertiary/aromatic N) is 3. The molecule has 0 aliphatic heterocycles. The van der Waals surface area contributed by atoms with Crippen LogP contribution in [0.2, 0.25) is 5.02 Å². The molecule has 0 spiro atoms. The molecule has 0 aliphatic rings. The summed E-state index contributed by atoms with van der Waals surface area (Å²) in [7, 11) is 0. The van der Waals surface area contributed by atoms with Gasteiger partial charge in [-0.15, -0.1) is 10.2 Å².